The molecule has 1 N–H and O–H groups in total. The number of carbonyl (C=O) groups is 1. The molecule has 0 aliphatic rings. The summed E-state index contributed by atoms with van der Waals surface area (Å²) in [7, 11) is 1.61. The monoisotopic (exact) mass is 384 g/mol. The standard InChI is InChI=1S/C19H20N4O3S/c1-4-9-23-17(24)8-6-14(22-23)18(25)21-19-20-15(11-27-19)13-10-12(2)5-7-16(13)26-3/h5-8,10-11H,4,9H2,1-3H3,(H,20,21,25). The van der Waals surface area contributed by atoms with E-state index >= 15 is 0 Å². The number of hydrogen-bond acceptors (Lipinski definition) is 6. The van der Waals surface area contributed by atoms with Crippen molar-refractivity contribution in [2.75, 3.05) is 12.4 Å². The summed E-state index contributed by atoms with van der Waals surface area (Å²) >= 11 is 1.32. The Morgan fingerprint density at radius 3 is 2.85 bits per heavy atom. The maximum absolute atomic E-state index is 12.5. The van der Waals surface area contributed by atoms with E-state index in [1.54, 1.807) is 7.11 Å². The fourth-order valence-corrected chi connectivity index (χ4v) is 3.29. The van der Waals surface area contributed by atoms with Gasteiger partial charge in [0.1, 0.15) is 11.4 Å². The van der Waals surface area contributed by atoms with Gasteiger partial charge in [-0.25, -0.2) is 9.67 Å². The van der Waals surface area contributed by atoms with Gasteiger partial charge in [0, 0.05) is 23.6 Å². The number of aromatic nitrogens is 3. The summed E-state index contributed by atoms with van der Waals surface area (Å²) in [6, 6.07) is 8.61. The van der Waals surface area contributed by atoms with E-state index in [2.05, 4.69) is 15.4 Å². The third kappa shape index (κ3) is 4.22. The molecule has 140 valence electrons. The number of amides is 1. The van der Waals surface area contributed by atoms with Crippen molar-refractivity contribution in [1.29, 1.82) is 0 Å². The van der Waals surface area contributed by atoms with Gasteiger partial charge in [0.15, 0.2) is 5.13 Å². The molecule has 27 heavy (non-hydrogen) atoms. The summed E-state index contributed by atoms with van der Waals surface area (Å²) in [5, 5.41) is 9.16. The van der Waals surface area contributed by atoms with Gasteiger partial charge in [-0.2, -0.15) is 5.10 Å². The van der Waals surface area contributed by atoms with Crippen LogP contribution in [0, 0.1) is 6.92 Å². The van der Waals surface area contributed by atoms with Crippen molar-refractivity contribution >= 4 is 22.4 Å². The fourth-order valence-electron chi connectivity index (χ4n) is 2.58. The number of aryl methyl sites for hydroxylation is 2. The van der Waals surface area contributed by atoms with Crippen LogP contribution >= 0.6 is 11.3 Å². The normalized spacial score (nSPS) is 10.6. The Labute approximate surface area is 160 Å². The first kappa shape index (κ1) is 18.8. The Hall–Kier alpha value is -3.00. The van der Waals surface area contributed by atoms with E-state index in [0.29, 0.717) is 11.7 Å². The SMILES string of the molecule is CCCn1nc(C(=O)Nc2nc(-c3cc(C)ccc3OC)cs2)ccc1=O. The van der Waals surface area contributed by atoms with Crippen LogP contribution in [-0.2, 0) is 6.54 Å². The number of anilines is 1. The minimum atomic E-state index is -0.406. The molecule has 0 saturated heterocycles. The number of hydrogen-bond donors (Lipinski definition) is 1. The lowest BCUT2D eigenvalue weighted by molar-refractivity contribution is 0.101. The van der Waals surface area contributed by atoms with E-state index in [4.69, 9.17) is 4.74 Å². The molecular weight excluding hydrogens is 364 g/mol. The number of ether oxygens (including phenoxy) is 1. The van der Waals surface area contributed by atoms with E-state index in [1.165, 1.54) is 28.2 Å². The molecule has 0 radical (unpaired) electrons. The van der Waals surface area contributed by atoms with E-state index in [-0.39, 0.29) is 11.3 Å². The second kappa shape index (κ2) is 8.13. The maximum atomic E-state index is 12.5. The Morgan fingerprint density at radius 2 is 2.11 bits per heavy atom. The quantitative estimate of drug-likeness (QED) is 0.704. The summed E-state index contributed by atoms with van der Waals surface area (Å²) in [6.45, 7) is 4.40. The number of rotatable bonds is 6. The molecule has 3 aromatic rings. The van der Waals surface area contributed by atoms with Crippen molar-refractivity contribution in [3.8, 4) is 17.0 Å². The van der Waals surface area contributed by atoms with Crippen molar-refractivity contribution in [2.45, 2.75) is 26.8 Å². The van der Waals surface area contributed by atoms with Crippen molar-refractivity contribution in [2.24, 2.45) is 0 Å². The van der Waals surface area contributed by atoms with E-state index < -0.39 is 5.91 Å². The topological polar surface area (TPSA) is 86.1 Å². The lowest BCUT2D eigenvalue weighted by Crippen LogP contribution is -2.26. The predicted molar refractivity (Wildman–Crippen MR) is 106 cm³/mol. The van der Waals surface area contributed by atoms with Crippen LogP contribution in [0.5, 0.6) is 5.75 Å². The highest BCUT2D eigenvalue weighted by molar-refractivity contribution is 7.14. The fraction of sp³-hybridized carbons (Fsp3) is 0.263. The third-order valence-corrected chi connectivity index (χ3v) is 4.65. The van der Waals surface area contributed by atoms with Crippen LogP contribution in [0.4, 0.5) is 5.13 Å². The molecule has 0 atom stereocenters. The number of nitrogens with zero attached hydrogens (tertiary/aromatic N) is 3. The largest absolute Gasteiger partial charge is 0.496 e. The zero-order valence-corrected chi connectivity index (χ0v) is 16.2. The van der Waals surface area contributed by atoms with Crippen molar-refractivity contribution in [3.63, 3.8) is 0 Å². The van der Waals surface area contributed by atoms with Gasteiger partial charge in [0.25, 0.3) is 11.5 Å². The summed E-state index contributed by atoms with van der Waals surface area (Å²) in [5.41, 5.74) is 2.62. The van der Waals surface area contributed by atoms with Gasteiger partial charge in [-0.15, -0.1) is 11.3 Å². The number of nitrogens with one attached hydrogen (secondary N) is 1. The molecule has 0 aliphatic carbocycles. The van der Waals surface area contributed by atoms with Crippen molar-refractivity contribution in [1.82, 2.24) is 14.8 Å². The van der Waals surface area contributed by atoms with Crippen LogP contribution in [0.1, 0.15) is 29.4 Å². The summed E-state index contributed by atoms with van der Waals surface area (Å²) in [6.07, 6.45) is 0.756. The first-order valence-electron chi connectivity index (χ1n) is 8.52. The van der Waals surface area contributed by atoms with Gasteiger partial charge >= 0.3 is 0 Å². The lowest BCUT2D eigenvalue weighted by Gasteiger charge is -2.07. The molecule has 7 nitrogen and oxygen atoms in total. The molecule has 2 heterocycles. The van der Waals surface area contributed by atoms with Crippen molar-refractivity contribution in [3.05, 3.63) is 57.3 Å². The molecule has 0 spiro atoms. The Morgan fingerprint density at radius 1 is 1.30 bits per heavy atom. The zero-order chi connectivity index (χ0) is 19.4. The van der Waals surface area contributed by atoms with Crippen molar-refractivity contribution < 1.29 is 9.53 Å². The number of methoxy groups -OCH3 is 1. The molecule has 2 aromatic heterocycles. The van der Waals surface area contributed by atoms with Crippen LogP contribution in [0.2, 0.25) is 0 Å². The molecule has 0 saturated carbocycles. The van der Waals surface area contributed by atoms with E-state index in [1.807, 2.05) is 37.4 Å². The average Bonchev–Trinajstić information content (AvgIpc) is 3.12. The minimum Gasteiger partial charge on any atom is -0.496 e. The van der Waals surface area contributed by atoms with Crippen LogP contribution in [0.25, 0.3) is 11.3 Å². The lowest BCUT2D eigenvalue weighted by atomic mass is 10.1. The molecule has 3 rings (SSSR count). The van der Waals surface area contributed by atoms with E-state index in [9.17, 15) is 9.59 Å². The van der Waals surface area contributed by atoms with Gasteiger partial charge in [-0.1, -0.05) is 18.6 Å². The Bertz CT molecular complexity index is 1030. The molecule has 0 aliphatic heterocycles. The minimum absolute atomic E-state index is 0.174. The molecular formula is C19H20N4O3S. The molecule has 0 fully saturated rings. The molecule has 1 aromatic carbocycles. The molecule has 0 unspecified atom stereocenters. The number of benzene rings is 1. The summed E-state index contributed by atoms with van der Waals surface area (Å²) in [4.78, 5) is 28.7. The molecule has 0 bridgehead atoms. The smallest absolute Gasteiger partial charge is 0.277 e. The second-order valence-electron chi connectivity index (χ2n) is 5.98. The van der Waals surface area contributed by atoms with Crippen LogP contribution in [-0.4, -0.2) is 27.8 Å². The number of carbonyl (C=O) groups excluding carboxylic acids is 1. The first-order chi connectivity index (χ1) is 13.0. The van der Waals surface area contributed by atoms with Crippen LogP contribution in [0.3, 0.4) is 0 Å². The highest BCUT2D eigenvalue weighted by atomic mass is 32.1. The van der Waals surface area contributed by atoms with Gasteiger partial charge in [-0.05, 0) is 31.5 Å². The first-order valence-corrected chi connectivity index (χ1v) is 9.40. The van der Waals surface area contributed by atoms with Gasteiger partial charge in [-0.3, -0.25) is 14.9 Å². The van der Waals surface area contributed by atoms with Gasteiger partial charge < -0.3 is 4.74 Å². The maximum Gasteiger partial charge on any atom is 0.277 e. The predicted octanol–water partition coefficient (Wildman–Crippen LogP) is 3.35. The molecule has 1 amide bonds. The third-order valence-electron chi connectivity index (χ3n) is 3.89. The van der Waals surface area contributed by atoms with Gasteiger partial charge in [0.05, 0.1) is 12.8 Å². The average molecular weight is 384 g/mol. The summed E-state index contributed by atoms with van der Waals surface area (Å²) < 4.78 is 6.69. The van der Waals surface area contributed by atoms with E-state index in [0.717, 1.165) is 29.0 Å². The van der Waals surface area contributed by atoms with Crippen LogP contribution in [0.15, 0.2) is 40.5 Å². The second-order valence-corrected chi connectivity index (χ2v) is 6.83. The van der Waals surface area contributed by atoms with Crippen LogP contribution < -0.4 is 15.6 Å². The highest BCUT2D eigenvalue weighted by Gasteiger charge is 2.14. The van der Waals surface area contributed by atoms with Gasteiger partial charge in [0.2, 0.25) is 0 Å². The zero-order valence-electron chi connectivity index (χ0n) is 15.4. The molecule has 8 heteroatoms. The Balaban J connectivity index is 1.82. The Kier molecular flexibility index (Phi) is 5.66. The summed E-state index contributed by atoms with van der Waals surface area (Å²) in [5.74, 6) is 0.314. The number of thiazole rings is 1. The highest BCUT2D eigenvalue weighted by Crippen LogP contribution is 2.33.